The molecule has 0 amide bonds. The van der Waals surface area contributed by atoms with Gasteiger partial charge in [0.05, 0.1) is 0 Å². The highest BCUT2D eigenvalue weighted by Gasteiger charge is 2.18. The van der Waals surface area contributed by atoms with Crippen LogP contribution >= 0.6 is 15.9 Å². The second-order valence-corrected chi connectivity index (χ2v) is 4.96. The van der Waals surface area contributed by atoms with Crippen molar-refractivity contribution in [2.45, 2.75) is 19.8 Å². The van der Waals surface area contributed by atoms with E-state index in [4.69, 9.17) is 0 Å². The molecule has 1 N–H and O–H groups in total. The molecular formula is C12H10BrNO. The van der Waals surface area contributed by atoms with Crippen molar-refractivity contribution in [1.82, 2.24) is 4.98 Å². The Morgan fingerprint density at radius 3 is 2.93 bits per heavy atom. The van der Waals surface area contributed by atoms with E-state index in [1.807, 2.05) is 13.0 Å². The topological polar surface area (TPSA) is 32.9 Å². The first-order chi connectivity index (χ1) is 7.16. The quantitative estimate of drug-likeness (QED) is 0.779. The number of benzene rings is 1. The van der Waals surface area contributed by atoms with E-state index in [0.29, 0.717) is 0 Å². The van der Waals surface area contributed by atoms with Gasteiger partial charge in [0.15, 0.2) is 0 Å². The third-order valence-electron chi connectivity index (χ3n) is 3.17. The van der Waals surface area contributed by atoms with Gasteiger partial charge in [-0.2, -0.15) is 0 Å². The summed E-state index contributed by atoms with van der Waals surface area (Å²) in [6, 6.07) is 4.13. The molecule has 3 heteroatoms. The Bertz CT molecular complexity index is 628. The largest absolute Gasteiger partial charge is 0.322 e. The van der Waals surface area contributed by atoms with E-state index in [2.05, 4.69) is 27.0 Å². The van der Waals surface area contributed by atoms with Gasteiger partial charge in [-0.05, 0) is 43.0 Å². The number of rotatable bonds is 0. The van der Waals surface area contributed by atoms with Crippen LogP contribution in [0.5, 0.6) is 0 Å². The van der Waals surface area contributed by atoms with E-state index in [9.17, 15) is 4.79 Å². The van der Waals surface area contributed by atoms with Gasteiger partial charge in [0.25, 0.3) is 5.56 Å². The molecule has 76 valence electrons. The Labute approximate surface area is 95.5 Å². The van der Waals surface area contributed by atoms with Crippen LogP contribution in [-0.4, -0.2) is 4.98 Å². The second kappa shape index (κ2) is 2.95. The number of aromatic amines is 1. The van der Waals surface area contributed by atoms with Crippen LogP contribution in [0, 0.1) is 6.92 Å². The van der Waals surface area contributed by atoms with Gasteiger partial charge in [-0.15, -0.1) is 0 Å². The molecule has 0 atom stereocenters. The lowest BCUT2D eigenvalue weighted by atomic mass is 10.1. The fourth-order valence-corrected chi connectivity index (χ4v) is 2.93. The summed E-state index contributed by atoms with van der Waals surface area (Å²) in [6.45, 7) is 1.91. The number of H-pyrrole nitrogens is 1. The number of hydrogen-bond donors (Lipinski definition) is 1. The van der Waals surface area contributed by atoms with Crippen molar-refractivity contribution in [2.24, 2.45) is 0 Å². The predicted molar refractivity (Wildman–Crippen MR) is 64.4 cm³/mol. The first-order valence-electron chi connectivity index (χ1n) is 5.00. The molecule has 0 unspecified atom stereocenters. The molecule has 0 saturated heterocycles. The first-order valence-corrected chi connectivity index (χ1v) is 5.80. The lowest BCUT2D eigenvalue weighted by molar-refractivity contribution is 1.00. The minimum absolute atomic E-state index is 0.0449. The van der Waals surface area contributed by atoms with Gasteiger partial charge in [-0.25, -0.2) is 0 Å². The summed E-state index contributed by atoms with van der Waals surface area (Å²) in [5.74, 6) is 0. The summed E-state index contributed by atoms with van der Waals surface area (Å²) >= 11 is 3.47. The molecule has 2 aromatic rings. The maximum absolute atomic E-state index is 11.7. The molecule has 0 spiro atoms. The van der Waals surface area contributed by atoms with Crippen LogP contribution in [0.25, 0.3) is 10.9 Å². The summed E-state index contributed by atoms with van der Waals surface area (Å²) < 4.78 is 1.04. The molecular weight excluding hydrogens is 254 g/mol. The van der Waals surface area contributed by atoms with E-state index in [0.717, 1.165) is 28.4 Å². The Hall–Kier alpha value is -1.09. The van der Waals surface area contributed by atoms with Crippen molar-refractivity contribution in [1.29, 1.82) is 0 Å². The number of aromatic nitrogens is 1. The van der Waals surface area contributed by atoms with Crippen LogP contribution in [0.1, 0.15) is 16.7 Å². The van der Waals surface area contributed by atoms with Gasteiger partial charge in [-0.3, -0.25) is 4.79 Å². The summed E-state index contributed by atoms with van der Waals surface area (Å²) in [6.07, 6.45) is 2.04. The zero-order valence-electron chi connectivity index (χ0n) is 8.36. The smallest absolute Gasteiger partial charge is 0.251 e. The molecule has 0 aliphatic heterocycles. The number of nitrogens with one attached hydrogen (secondary N) is 1. The molecule has 15 heavy (non-hydrogen) atoms. The van der Waals surface area contributed by atoms with Crippen molar-refractivity contribution < 1.29 is 0 Å². The van der Waals surface area contributed by atoms with Crippen LogP contribution in [0.15, 0.2) is 21.4 Å². The Kier molecular flexibility index (Phi) is 1.80. The van der Waals surface area contributed by atoms with Crippen LogP contribution in [-0.2, 0) is 12.8 Å². The van der Waals surface area contributed by atoms with Gasteiger partial charge in [0, 0.05) is 20.9 Å². The molecule has 0 radical (unpaired) electrons. The van der Waals surface area contributed by atoms with Gasteiger partial charge < -0.3 is 4.98 Å². The van der Waals surface area contributed by atoms with Gasteiger partial charge >= 0.3 is 0 Å². The zero-order chi connectivity index (χ0) is 10.6. The highest BCUT2D eigenvalue weighted by atomic mass is 79.9. The molecule has 1 heterocycles. The monoisotopic (exact) mass is 263 g/mol. The molecule has 1 aliphatic rings. The second-order valence-electron chi connectivity index (χ2n) is 4.05. The van der Waals surface area contributed by atoms with Crippen LogP contribution in [0.4, 0.5) is 0 Å². The number of halogens is 1. The standard InChI is InChI=1S/C12H10BrNO/c1-6-9-3-2-7-4-8(13)5-10(11(7)9)14-12(6)15/h4-5H,2-3H2,1H3,(H,14,15). The summed E-state index contributed by atoms with van der Waals surface area (Å²) in [7, 11) is 0. The Morgan fingerprint density at radius 2 is 2.13 bits per heavy atom. The van der Waals surface area contributed by atoms with Gasteiger partial charge in [0.2, 0.25) is 0 Å². The van der Waals surface area contributed by atoms with Crippen molar-refractivity contribution >= 4 is 26.8 Å². The van der Waals surface area contributed by atoms with Crippen LogP contribution in [0.3, 0.4) is 0 Å². The number of aryl methyl sites for hydroxylation is 2. The van der Waals surface area contributed by atoms with Gasteiger partial charge in [-0.1, -0.05) is 15.9 Å². The van der Waals surface area contributed by atoms with E-state index in [1.165, 1.54) is 16.5 Å². The number of hydrogen-bond acceptors (Lipinski definition) is 1. The summed E-state index contributed by atoms with van der Waals surface area (Å²) in [4.78, 5) is 14.6. The van der Waals surface area contributed by atoms with Crippen molar-refractivity contribution in [3.05, 3.63) is 43.6 Å². The Morgan fingerprint density at radius 1 is 1.33 bits per heavy atom. The van der Waals surface area contributed by atoms with Crippen molar-refractivity contribution in [3.8, 4) is 0 Å². The Balaban J connectivity index is 2.59. The molecule has 0 fully saturated rings. The van der Waals surface area contributed by atoms with Crippen molar-refractivity contribution in [3.63, 3.8) is 0 Å². The third kappa shape index (κ3) is 1.19. The van der Waals surface area contributed by atoms with E-state index < -0.39 is 0 Å². The van der Waals surface area contributed by atoms with E-state index in [1.54, 1.807) is 0 Å². The highest BCUT2D eigenvalue weighted by Crippen LogP contribution is 2.32. The van der Waals surface area contributed by atoms with E-state index in [-0.39, 0.29) is 5.56 Å². The fourth-order valence-electron chi connectivity index (χ4n) is 2.43. The molecule has 1 aliphatic carbocycles. The molecule has 3 rings (SSSR count). The lowest BCUT2D eigenvalue weighted by Crippen LogP contribution is -2.11. The SMILES string of the molecule is Cc1c2c3c(cc(Br)cc3[nH]c1=O)CC2. The third-order valence-corrected chi connectivity index (χ3v) is 3.63. The lowest BCUT2D eigenvalue weighted by Gasteiger charge is -2.04. The average Bonchev–Trinajstić information content (AvgIpc) is 2.58. The molecule has 1 aromatic carbocycles. The zero-order valence-corrected chi connectivity index (χ0v) is 9.94. The van der Waals surface area contributed by atoms with Crippen LogP contribution in [0.2, 0.25) is 0 Å². The maximum Gasteiger partial charge on any atom is 0.251 e. The molecule has 0 bridgehead atoms. The van der Waals surface area contributed by atoms with Crippen molar-refractivity contribution in [2.75, 3.05) is 0 Å². The highest BCUT2D eigenvalue weighted by molar-refractivity contribution is 9.10. The minimum Gasteiger partial charge on any atom is -0.322 e. The fraction of sp³-hybridized carbons (Fsp3) is 0.250. The normalized spacial score (nSPS) is 13.7. The molecule has 1 aromatic heterocycles. The average molecular weight is 264 g/mol. The van der Waals surface area contributed by atoms with Crippen LogP contribution < -0.4 is 5.56 Å². The summed E-state index contributed by atoms with van der Waals surface area (Å²) in [5, 5.41) is 1.26. The maximum atomic E-state index is 11.7. The minimum atomic E-state index is 0.0449. The molecule has 2 nitrogen and oxygen atoms in total. The first kappa shape index (κ1) is 9.16. The molecule has 0 saturated carbocycles. The predicted octanol–water partition coefficient (Wildman–Crippen LogP) is 2.70. The van der Waals surface area contributed by atoms with Gasteiger partial charge in [0.1, 0.15) is 0 Å². The van der Waals surface area contributed by atoms with E-state index >= 15 is 0 Å². The summed E-state index contributed by atoms with van der Waals surface area (Å²) in [5.41, 5.74) is 4.46. The number of pyridine rings is 1.